The zero-order valence-electron chi connectivity index (χ0n) is 8.57. The first-order valence-electron chi connectivity index (χ1n) is 5.32. The van der Waals surface area contributed by atoms with Crippen LogP contribution in [0.25, 0.3) is 0 Å². The molecule has 0 saturated heterocycles. The Kier molecular flexibility index (Phi) is 2.90. The summed E-state index contributed by atoms with van der Waals surface area (Å²) in [6, 6.07) is 8.17. The predicted molar refractivity (Wildman–Crippen MR) is 59.2 cm³/mol. The first kappa shape index (κ1) is 10.0. The summed E-state index contributed by atoms with van der Waals surface area (Å²) in [5.41, 5.74) is 2.43. The Morgan fingerprint density at radius 1 is 1.47 bits per heavy atom. The van der Waals surface area contributed by atoms with Crippen LogP contribution in [-0.4, -0.2) is 17.6 Å². The Labute approximate surface area is 89.1 Å². The zero-order chi connectivity index (χ0) is 10.7. The van der Waals surface area contributed by atoms with Gasteiger partial charge in [-0.3, -0.25) is 4.79 Å². The minimum Gasteiger partial charge on any atom is -0.481 e. The lowest BCUT2D eigenvalue weighted by molar-refractivity contribution is -0.137. The third kappa shape index (κ3) is 2.29. The van der Waals surface area contributed by atoms with Gasteiger partial charge < -0.3 is 10.4 Å². The fourth-order valence-electron chi connectivity index (χ4n) is 2.15. The maximum atomic E-state index is 10.5. The number of rotatable bonds is 3. The first-order valence-corrected chi connectivity index (χ1v) is 5.32. The van der Waals surface area contributed by atoms with Crippen LogP contribution < -0.4 is 5.32 Å². The fraction of sp³-hybridized carbons (Fsp3) is 0.417. The number of anilines is 1. The SMILES string of the molecule is O=C(O)CCC1CCNc2ccccc21. The molecule has 2 rings (SSSR count). The van der Waals surface area contributed by atoms with Crippen molar-refractivity contribution in [3.05, 3.63) is 29.8 Å². The summed E-state index contributed by atoms with van der Waals surface area (Å²) in [6.07, 6.45) is 2.04. The van der Waals surface area contributed by atoms with Gasteiger partial charge in [0, 0.05) is 18.7 Å². The highest BCUT2D eigenvalue weighted by molar-refractivity contribution is 5.67. The van der Waals surface area contributed by atoms with E-state index in [4.69, 9.17) is 5.11 Å². The molecule has 1 unspecified atom stereocenters. The van der Waals surface area contributed by atoms with Gasteiger partial charge in [-0.25, -0.2) is 0 Å². The second-order valence-corrected chi connectivity index (χ2v) is 3.93. The number of carboxylic acid groups (broad SMARTS) is 1. The van der Waals surface area contributed by atoms with E-state index in [9.17, 15) is 4.79 Å². The van der Waals surface area contributed by atoms with E-state index in [0.29, 0.717) is 5.92 Å². The Morgan fingerprint density at radius 3 is 3.07 bits per heavy atom. The highest BCUT2D eigenvalue weighted by atomic mass is 16.4. The topological polar surface area (TPSA) is 49.3 Å². The van der Waals surface area contributed by atoms with Crippen molar-refractivity contribution in [1.82, 2.24) is 0 Å². The zero-order valence-corrected chi connectivity index (χ0v) is 8.57. The molecule has 15 heavy (non-hydrogen) atoms. The average Bonchev–Trinajstić information content (AvgIpc) is 2.26. The third-order valence-corrected chi connectivity index (χ3v) is 2.92. The molecular weight excluding hydrogens is 190 g/mol. The van der Waals surface area contributed by atoms with Crippen molar-refractivity contribution in [2.75, 3.05) is 11.9 Å². The number of benzene rings is 1. The number of aliphatic carboxylic acids is 1. The Bertz CT molecular complexity index is 362. The van der Waals surface area contributed by atoms with Crippen molar-refractivity contribution >= 4 is 11.7 Å². The van der Waals surface area contributed by atoms with E-state index in [1.54, 1.807) is 0 Å². The van der Waals surface area contributed by atoms with Gasteiger partial charge in [0.15, 0.2) is 0 Å². The second kappa shape index (κ2) is 4.34. The molecule has 0 bridgehead atoms. The van der Waals surface area contributed by atoms with Crippen molar-refractivity contribution in [3.63, 3.8) is 0 Å². The third-order valence-electron chi connectivity index (χ3n) is 2.92. The molecule has 0 amide bonds. The number of carbonyl (C=O) groups is 1. The summed E-state index contributed by atoms with van der Waals surface area (Å²) in [4.78, 5) is 10.5. The second-order valence-electron chi connectivity index (χ2n) is 3.93. The highest BCUT2D eigenvalue weighted by Gasteiger charge is 2.19. The van der Waals surface area contributed by atoms with Gasteiger partial charge in [0.1, 0.15) is 0 Å². The molecule has 3 nitrogen and oxygen atoms in total. The number of hydrogen-bond donors (Lipinski definition) is 2. The summed E-state index contributed by atoms with van der Waals surface area (Å²) in [5, 5.41) is 12.0. The molecule has 1 aliphatic heterocycles. The maximum absolute atomic E-state index is 10.5. The van der Waals surface area contributed by atoms with Gasteiger partial charge in [0.25, 0.3) is 0 Å². The lowest BCUT2D eigenvalue weighted by atomic mass is 9.87. The van der Waals surface area contributed by atoms with Crippen LogP contribution in [0.15, 0.2) is 24.3 Å². The Balaban J connectivity index is 2.11. The van der Waals surface area contributed by atoms with Gasteiger partial charge in [-0.2, -0.15) is 0 Å². The van der Waals surface area contributed by atoms with Crippen molar-refractivity contribution in [2.24, 2.45) is 0 Å². The number of para-hydroxylation sites is 1. The molecule has 2 N–H and O–H groups in total. The maximum Gasteiger partial charge on any atom is 0.303 e. The number of carboxylic acids is 1. The predicted octanol–water partition coefficient (Wildman–Crippen LogP) is 2.45. The van der Waals surface area contributed by atoms with Gasteiger partial charge >= 0.3 is 5.97 Å². The van der Waals surface area contributed by atoms with E-state index in [1.807, 2.05) is 12.1 Å². The molecule has 1 atom stereocenters. The molecular formula is C12H15NO2. The molecule has 1 heterocycles. The average molecular weight is 205 g/mol. The van der Waals surface area contributed by atoms with Gasteiger partial charge in [0.2, 0.25) is 0 Å². The molecule has 80 valence electrons. The van der Waals surface area contributed by atoms with E-state index in [1.165, 1.54) is 11.3 Å². The molecule has 0 aliphatic carbocycles. The largest absolute Gasteiger partial charge is 0.481 e. The lowest BCUT2D eigenvalue weighted by Crippen LogP contribution is -2.17. The van der Waals surface area contributed by atoms with Gasteiger partial charge in [-0.1, -0.05) is 18.2 Å². The van der Waals surface area contributed by atoms with Gasteiger partial charge in [-0.05, 0) is 30.4 Å². The normalized spacial score (nSPS) is 19.1. The van der Waals surface area contributed by atoms with Crippen LogP contribution in [0.2, 0.25) is 0 Å². The van der Waals surface area contributed by atoms with E-state index in [2.05, 4.69) is 17.4 Å². The highest BCUT2D eigenvalue weighted by Crippen LogP contribution is 2.34. The quantitative estimate of drug-likeness (QED) is 0.796. The lowest BCUT2D eigenvalue weighted by Gasteiger charge is -2.26. The first-order chi connectivity index (χ1) is 7.27. The van der Waals surface area contributed by atoms with Crippen LogP contribution in [0.3, 0.4) is 0 Å². The van der Waals surface area contributed by atoms with Crippen molar-refractivity contribution < 1.29 is 9.90 Å². The smallest absolute Gasteiger partial charge is 0.303 e. The summed E-state index contributed by atoms with van der Waals surface area (Å²) in [7, 11) is 0. The molecule has 1 aliphatic rings. The minimum absolute atomic E-state index is 0.263. The van der Waals surface area contributed by atoms with Crippen LogP contribution in [-0.2, 0) is 4.79 Å². The van der Waals surface area contributed by atoms with Crippen LogP contribution in [0.4, 0.5) is 5.69 Å². The van der Waals surface area contributed by atoms with E-state index >= 15 is 0 Å². The number of hydrogen-bond acceptors (Lipinski definition) is 2. The molecule has 0 aromatic heterocycles. The van der Waals surface area contributed by atoms with E-state index in [-0.39, 0.29) is 6.42 Å². The summed E-state index contributed by atoms with van der Waals surface area (Å²) in [5.74, 6) is -0.301. The van der Waals surface area contributed by atoms with Crippen molar-refractivity contribution in [3.8, 4) is 0 Å². The number of fused-ring (bicyclic) bond motifs is 1. The molecule has 0 radical (unpaired) electrons. The summed E-state index contributed by atoms with van der Waals surface area (Å²) < 4.78 is 0. The molecule has 0 spiro atoms. The van der Waals surface area contributed by atoms with Crippen LogP contribution in [0, 0.1) is 0 Å². The van der Waals surface area contributed by atoms with E-state index in [0.717, 1.165) is 19.4 Å². The molecule has 3 heteroatoms. The van der Waals surface area contributed by atoms with Crippen molar-refractivity contribution in [2.45, 2.75) is 25.2 Å². The van der Waals surface area contributed by atoms with Crippen LogP contribution in [0.5, 0.6) is 0 Å². The van der Waals surface area contributed by atoms with E-state index < -0.39 is 5.97 Å². The monoisotopic (exact) mass is 205 g/mol. The molecule has 0 saturated carbocycles. The molecule has 1 aromatic rings. The molecule has 0 fully saturated rings. The Morgan fingerprint density at radius 2 is 2.27 bits per heavy atom. The summed E-state index contributed by atoms with van der Waals surface area (Å²) >= 11 is 0. The van der Waals surface area contributed by atoms with Crippen molar-refractivity contribution in [1.29, 1.82) is 0 Å². The Hall–Kier alpha value is -1.51. The standard InChI is InChI=1S/C12H15NO2/c14-12(15)6-5-9-7-8-13-11-4-2-1-3-10(9)11/h1-4,9,13H,5-8H2,(H,14,15). The fourth-order valence-corrected chi connectivity index (χ4v) is 2.15. The molecule has 1 aromatic carbocycles. The van der Waals surface area contributed by atoms with Crippen LogP contribution >= 0.6 is 0 Å². The summed E-state index contributed by atoms with van der Waals surface area (Å²) in [6.45, 7) is 0.946. The van der Waals surface area contributed by atoms with Crippen LogP contribution in [0.1, 0.15) is 30.7 Å². The minimum atomic E-state index is -0.703. The van der Waals surface area contributed by atoms with Gasteiger partial charge in [-0.15, -0.1) is 0 Å². The van der Waals surface area contributed by atoms with Gasteiger partial charge in [0.05, 0.1) is 0 Å². The number of nitrogens with one attached hydrogen (secondary N) is 1.